The van der Waals surface area contributed by atoms with Crippen molar-refractivity contribution in [1.82, 2.24) is 4.98 Å². The molecule has 0 unspecified atom stereocenters. The summed E-state index contributed by atoms with van der Waals surface area (Å²) >= 11 is 0. The summed E-state index contributed by atoms with van der Waals surface area (Å²) in [6, 6.07) is 5.57. The van der Waals surface area contributed by atoms with Gasteiger partial charge in [0.1, 0.15) is 5.82 Å². The van der Waals surface area contributed by atoms with E-state index < -0.39 is 16.6 Å². The van der Waals surface area contributed by atoms with Crippen LogP contribution in [0, 0.1) is 21.7 Å². The van der Waals surface area contributed by atoms with E-state index in [1.807, 2.05) is 0 Å². The molecule has 1 aromatic heterocycles. The Labute approximate surface area is 100 Å². The fraction of sp³-hybridized carbons (Fsp3) is 0. The lowest BCUT2D eigenvalue weighted by Gasteiger charge is -2.04. The lowest BCUT2D eigenvalue weighted by molar-refractivity contribution is -0.384. The molecule has 0 saturated heterocycles. The number of halogens is 2. The molecule has 2 rings (SSSR count). The summed E-state index contributed by atoms with van der Waals surface area (Å²) < 4.78 is 26.6. The summed E-state index contributed by atoms with van der Waals surface area (Å²) in [4.78, 5) is 13.7. The highest BCUT2D eigenvalue weighted by Crippen LogP contribution is 2.27. The number of nitrogens with two attached hydrogens (primary N) is 1. The molecule has 1 heterocycles. The molecule has 0 aliphatic rings. The van der Waals surface area contributed by atoms with E-state index in [2.05, 4.69) is 4.98 Å². The summed E-state index contributed by atoms with van der Waals surface area (Å²) in [6.07, 6.45) is 0. The van der Waals surface area contributed by atoms with Crippen molar-refractivity contribution in [1.29, 1.82) is 0 Å². The maximum absolute atomic E-state index is 13.5. The van der Waals surface area contributed by atoms with Crippen molar-refractivity contribution in [3.05, 3.63) is 52.1 Å². The average Bonchev–Trinajstić information content (AvgIpc) is 2.31. The summed E-state index contributed by atoms with van der Waals surface area (Å²) in [5.41, 5.74) is 4.80. The van der Waals surface area contributed by atoms with Crippen LogP contribution in [-0.4, -0.2) is 9.91 Å². The first-order valence-corrected chi connectivity index (χ1v) is 4.85. The zero-order chi connectivity index (χ0) is 13.3. The maximum Gasteiger partial charge on any atom is 0.275 e. The fourth-order valence-corrected chi connectivity index (χ4v) is 1.48. The summed E-state index contributed by atoms with van der Waals surface area (Å²) in [5.74, 6) is -2.31. The number of aromatic nitrogens is 1. The molecule has 0 aliphatic carbocycles. The van der Waals surface area contributed by atoms with Gasteiger partial charge in [0, 0.05) is 11.6 Å². The summed E-state index contributed by atoms with van der Waals surface area (Å²) in [6.45, 7) is 0. The Kier molecular flexibility index (Phi) is 2.88. The van der Waals surface area contributed by atoms with Gasteiger partial charge in [0.15, 0.2) is 11.6 Å². The Bertz CT molecular complexity index is 632. The first-order valence-electron chi connectivity index (χ1n) is 4.85. The van der Waals surface area contributed by atoms with Crippen LogP contribution < -0.4 is 5.73 Å². The standard InChI is InChI=1S/C11H7F2N3O2/c12-8-3-1-2-7(11(8)13)9-4-6(16(17)18)5-10(14)15-9/h1-5H,(H2,14,15). The van der Waals surface area contributed by atoms with Crippen LogP contribution in [0.3, 0.4) is 0 Å². The van der Waals surface area contributed by atoms with E-state index >= 15 is 0 Å². The van der Waals surface area contributed by atoms with Crippen molar-refractivity contribution < 1.29 is 13.7 Å². The van der Waals surface area contributed by atoms with Crippen molar-refractivity contribution in [2.75, 3.05) is 5.73 Å². The smallest absolute Gasteiger partial charge is 0.275 e. The monoisotopic (exact) mass is 251 g/mol. The molecule has 18 heavy (non-hydrogen) atoms. The Morgan fingerprint density at radius 1 is 1.28 bits per heavy atom. The second-order valence-corrected chi connectivity index (χ2v) is 3.49. The van der Waals surface area contributed by atoms with E-state index in [1.165, 1.54) is 12.1 Å². The van der Waals surface area contributed by atoms with Gasteiger partial charge in [-0.05, 0) is 12.1 Å². The summed E-state index contributed by atoms with van der Waals surface area (Å²) in [7, 11) is 0. The summed E-state index contributed by atoms with van der Waals surface area (Å²) in [5, 5.41) is 10.6. The van der Waals surface area contributed by atoms with Gasteiger partial charge in [-0.25, -0.2) is 13.8 Å². The molecule has 0 atom stereocenters. The molecule has 0 fully saturated rings. The molecule has 0 spiro atoms. The molecule has 0 bridgehead atoms. The number of nitro groups is 1. The van der Waals surface area contributed by atoms with Crippen LogP contribution >= 0.6 is 0 Å². The largest absolute Gasteiger partial charge is 0.383 e. The zero-order valence-corrected chi connectivity index (χ0v) is 8.93. The van der Waals surface area contributed by atoms with Gasteiger partial charge < -0.3 is 5.73 Å². The van der Waals surface area contributed by atoms with E-state index in [1.54, 1.807) is 0 Å². The second-order valence-electron chi connectivity index (χ2n) is 3.49. The van der Waals surface area contributed by atoms with Crippen molar-refractivity contribution in [3.8, 4) is 11.3 Å². The molecule has 92 valence electrons. The van der Waals surface area contributed by atoms with E-state index in [0.29, 0.717) is 0 Å². The van der Waals surface area contributed by atoms with E-state index in [9.17, 15) is 18.9 Å². The van der Waals surface area contributed by atoms with Crippen LogP contribution in [0.1, 0.15) is 0 Å². The number of pyridine rings is 1. The SMILES string of the molecule is Nc1cc([N+](=O)[O-])cc(-c2cccc(F)c2F)n1. The molecule has 0 saturated carbocycles. The second kappa shape index (κ2) is 4.36. The molecule has 2 aromatic rings. The number of hydrogen-bond acceptors (Lipinski definition) is 4. The topological polar surface area (TPSA) is 82.0 Å². The molecular formula is C11H7F2N3O2. The molecule has 7 heteroatoms. The van der Waals surface area contributed by atoms with Crippen molar-refractivity contribution in [2.45, 2.75) is 0 Å². The van der Waals surface area contributed by atoms with Gasteiger partial charge in [-0.1, -0.05) is 6.07 Å². The molecule has 0 amide bonds. The van der Waals surface area contributed by atoms with Crippen LogP contribution in [-0.2, 0) is 0 Å². The number of benzene rings is 1. The highest BCUT2D eigenvalue weighted by atomic mass is 19.2. The first-order chi connectivity index (χ1) is 8.49. The quantitative estimate of drug-likeness (QED) is 0.656. The van der Waals surface area contributed by atoms with Crippen molar-refractivity contribution in [2.24, 2.45) is 0 Å². The Balaban J connectivity index is 2.64. The lowest BCUT2D eigenvalue weighted by atomic mass is 10.1. The molecular weight excluding hydrogens is 244 g/mol. The third kappa shape index (κ3) is 2.10. The Morgan fingerprint density at radius 3 is 2.67 bits per heavy atom. The van der Waals surface area contributed by atoms with Crippen LogP contribution in [0.2, 0.25) is 0 Å². The van der Waals surface area contributed by atoms with Gasteiger partial charge in [-0.3, -0.25) is 10.1 Å². The maximum atomic E-state index is 13.5. The predicted octanol–water partition coefficient (Wildman–Crippen LogP) is 2.52. The fourth-order valence-electron chi connectivity index (χ4n) is 1.48. The third-order valence-corrected chi connectivity index (χ3v) is 2.27. The third-order valence-electron chi connectivity index (χ3n) is 2.27. The average molecular weight is 251 g/mol. The van der Waals surface area contributed by atoms with Crippen molar-refractivity contribution in [3.63, 3.8) is 0 Å². The molecule has 0 aliphatic heterocycles. The lowest BCUT2D eigenvalue weighted by Crippen LogP contribution is -1.98. The molecule has 2 N–H and O–H groups in total. The van der Waals surface area contributed by atoms with Gasteiger partial charge >= 0.3 is 0 Å². The number of nitrogen functional groups attached to an aromatic ring is 1. The van der Waals surface area contributed by atoms with Crippen LogP contribution in [0.15, 0.2) is 30.3 Å². The number of nitrogens with zero attached hydrogens (tertiary/aromatic N) is 2. The van der Waals surface area contributed by atoms with Gasteiger partial charge in [0.2, 0.25) is 0 Å². The predicted molar refractivity (Wildman–Crippen MR) is 60.7 cm³/mol. The van der Waals surface area contributed by atoms with E-state index in [4.69, 9.17) is 5.73 Å². The number of rotatable bonds is 2. The van der Waals surface area contributed by atoms with Gasteiger partial charge in [0.25, 0.3) is 5.69 Å². The number of anilines is 1. The van der Waals surface area contributed by atoms with Gasteiger partial charge in [-0.15, -0.1) is 0 Å². The first kappa shape index (κ1) is 11.9. The molecule has 1 aromatic carbocycles. The van der Waals surface area contributed by atoms with Gasteiger partial charge in [0.05, 0.1) is 16.7 Å². The number of hydrogen-bond donors (Lipinski definition) is 1. The van der Waals surface area contributed by atoms with E-state index in [-0.39, 0.29) is 22.8 Å². The van der Waals surface area contributed by atoms with E-state index in [0.717, 1.165) is 18.2 Å². The molecule has 5 nitrogen and oxygen atoms in total. The normalized spacial score (nSPS) is 10.3. The minimum absolute atomic E-state index is 0.0845. The highest BCUT2D eigenvalue weighted by molar-refractivity contribution is 5.65. The van der Waals surface area contributed by atoms with Crippen LogP contribution in [0.5, 0.6) is 0 Å². The van der Waals surface area contributed by atoms with Crippen LogP contribution in [0.25, 0.3) is 11.3 Å². The molecule has 0 radical (unpaired) electrons. The minimum Gasteiger partial charge on any atom is -0.383 e. The zero-order valence-electron chi connectivity index (χ0n) is 8.93. The Hall–Kier alpha value is -2.57. The van der Waals surface area contributed by atoms with Crippen LogP contribution in [0.4, 0.5) is 20.3 Å². The Morgan fingerprint density at radius 2 is 2.00 bits per heavy atom. The highest BCUT2D eigenvalue weighted by Gasteiger charge is 2.15. The van der Waals surface area contributed by atoms with Crippen molar-refractivity contribution >= 4 is 11.5 Å². The minimum atomic E-state index is -1.12. The van der Waals surface area contributed by atoms with Gasteiger partial charge in [-0.2, -0.15) is 0 Å².